The SMILES string of the molecule is COc1ccc(/C=C2\CCCC(CN(C)C)C2(O)c2cccc(C)c2)cc1. The number of ether oxygens (including phenoxy) is 1. The summed E-state index contributed by atoms with van der Waals surface area (Å²) in [6.45, 7) is 2.95. The van der Waals surface area contributed by atoms with Gasteiger partial charge in [-0.15, -0.1) is 0 Å². The molecule has 3 heteroatoms. The first-order valence-electron chi connectivity index (χ1n) is 9.73. The molecule has 2 unspecified atom stereocenters. The second-order valence-corrected chi connectivity index (χ2v) is 7.93. The molecule has 0 bridgehead atoms. The summed E-state index contributed by atoms with van der Waals surface area (Å²) in [5.74, 6) is 1.02. The van der Waals surface area contributed by atoms with E-state index >= 15 is 0 Å². The van der Waals surface area contributed by atoms with Crippen LogP contribution in [-0.4, -0.2) is 37.8 Å². The lowest BCUT2D eigenvalue weighted by atomic mass is 9.67. The Balaban J connectivity index is 2.07. The Morgan fingerprint density at radius 3 is 2.56 bits per heavy atom. The Morgan fingerprint density at radius 1 is 1.19 bits per heavy atom. The van der Waals surface area contributed by atoms with E-state index in [4.69, 9.17) is 4.74 Å². The maximum atomic E-state index is 12.1. The fourth-order valence-corrected chi connectivity index (χ4v) is 4.25. The summed E-state index contributed by atoms with van der Waals surface area (Å²) in [6.07, 6.45) is 5.22. The van der Waals surface area contributed by atoms with Crippen molar-refractivity contribution in [3.05, 3.63) is 70.8 Å². The summed E-state index contributed by atoms with van der Waals surface area (Å²) in [6, 6.07) is 16.4. The van der Waals surface area contributed by atoms with Gasteiger partial charge in [-0.25, -0.2) is 0 Å². The molecule has 0 spiro atoms. The van der Waals surface area contributed by atoms with Crippen LogP contribution in [0.4, 0.5) is 0 Å². The third-order valence-corrected chi connectivity index (χ3v) is 5.58. The third-order valence-electron chi connectivity index (χ3n) is 5.58. The molecule has 1 aliphatic carbocycles. The standard InChI is InChI=1S/C24H31NO2/c1-18-7-5-8-20(15-18)24(26)21(9-6-10-22(24)17-25(2)3)16-19-11-13-23(27-4)14-12-19/h5,7-8,11-16,22,26H,6,9-10,17H2,1-4H3/b21-16+. The van der Waals surface area contributed by atoms with Crippen molar-refractivity contribution < 1.29 is 9.84 Å². The number of aryl methyl sites for hydroxylation is 1. The van der Waals surface area contributed by atoms with Crippen LogP contribution < -0.4 is 4.74 Å². The molecular formula is C24H31NO2. The van der Waals surface area contributed by atoms with Gasteiger partial charge in [0.1, 0.15) is 11.4 Å². The molecule has 1 aliphatic rings. The van der Waals surface area contributed by atoms with Crippen LogP contribution >= 0.6 is 0 Å². The van der Waals surface area contributed by atoms with Gasteiger partial charge in [0, 0.05) is 12.5 Å². The highest BCUT2D eigenvalue weighted by Crippen LogP contribution is 2.46. The number of hydrogen-bond acceptors (Lipinski definition) is 3. The van der Waals surface area contributed by atoms with Crippen LogP contribution in [0.1, 0.15) is 36.0 Å². The molecule has 1 N–H and O–H groups in total. The zero-order chi connectivity index (χ0) is 19.4. The quantitative estimate of drug-likeness (QED) is 0.838. The lowest BCUT2D eigenvalue weighted by Gasteiger charge is -2.44. The minimum Gasteiger partial charge on any atom is -0.497 e. The molecule has 1 fully saturated rings. The van der Waals surface area contributed by atoms with E-state index in [1.54, 1.807) is 7.11 Å². The maximum Gasteiger partial charge on any atom is 0.118 e. The second-order valence-electron chi connectivity index (χ2n) is 7.93. The van der Waals surface area contributed by atoms with E-state index in [-0.39, 0.29) is 5.92 Å². The lowest BCUT2D eigenvalue weighted by Crippen LogP contribution is -2.44. The van der Waals surface area contributed by atoms with Gasteiger partial charge < -0.3 is 14.7 Å². The number of aliphatic hydroxyl groups is 1. The van der Waals surface area contributed by atoms with Crippen LogP contribution in [0.25, 0.3) is 6.08 Å². The summed E-state index contributed by atoms with van der Waals surface area (Å²) in [5, 5.41) is 12.1. The van der Waals surface area contributed by atoms with E-state index in [1.165, 1.54) is 5.56 Å². The number of methoxy groups -OCH3 is 1. The molecule has 2 aromatic carbocycles. The molecule has 3 nitrogen and oxygen atoms in total. The average Bonchev–Trinajstić information content (AvgIpc) is 2.65. The molecule has 2 aromatic rings. The third kappa shape index (κ3) is 4.26. The summed E-state index contributed by atoms with van der Waals surface area (Å²) in [4.78, 5) is 2.18. The van der Waals surface area contributed by atoms with Crippen LogP contribution in [0, 0.1) is 12.8 Å². The van der Waals surface area contributed by atoms with Gasteiger partial charge in [-0.2, -0.15) is 0 Å². The first-order valence-corrected chi connectivity index (χ1v) is 9.73. The van der Waals surface area contributed by atoms with Crippen LogP contribution in [0.15, 0.2) is 54.1 Å². The first kappa shape index (κ1) is 19.7. The van der Waals surface area contributed by atoms with Crippen LogP contribution in [0.3, 0.4) is 0 Å². The van der Waals surface area contributed by atoms with E-state index in [2.05, 4.69) is 68.4 Å². The summed E-state index contributed by atoms with van der Waals surface area (Å²) in [5.41, 5.74) is 3.46. The van der Waals surface area contributed by atoms with Gasteiger partial charge >= 0.3 is 0 Å². The van der Waals surface area contributed by atoms with Crippen molar-refractivity contribution in [1.82, 2.24) is 4.90 Å². The van der Waals surface area contributed by atoms with E-state index in [0.717, 1.165) is 48.3 Å². The van der Waals surface area contributed by atoms with Crippen molar-refractivity contribution in [2.45, 2.75) is 31.8 Å². The fraction of sp³-hybridized carbons (Fsp3) is 0.417. The Kier molecular flexibility index (Phi) is 6.03. The minimum atomic E-state index is -0.936. The topological polar surface area (TPSA) is 32.7 Å². The van der Waals surface area contributed by atoms with Crippen molar-refractivity contribution in [1.29, 1.82) is 0 Å². The van der Waals surface area contributed by atoms with Gasteiger partial charge in [0.25, 0.3) is 0 Å². The number of rotatable bonds is 5. The largest absolute Gasteiger partial charge is 0.497 e. The van der Waals surface area contributed by atoms with E-state index < -0.39 is 5.60 Å². The van der Waals surface area contributed by atoms with Crippen molar-refractivity contribution in [3.63, 3.8) is 0 Å². The molecule has 2 atom stereocenters. The van der Waals surface area contributed by atoms with Crippen LogP contribution in [0.2, 0.25) is 0 Å². The predicted octanol–water partition coefficient (Wildman–Crippen LogP) is 4.64. The number of benzene rings is 2. The monoisotopic (exact) mass is 365 g/mol. The smallest absolute Gasteiger partial charge is 0.118 e. The fourth-order valence-electron chi connectivity index (χ4n) is 4.25. The molecule has 1 saturated carbocycles. The summed E-state index contributed by atoms with van der Waals surface area (Å²) < 4.78 is 5.27. The summed E-state index contributed by atoms with van der Waals surface area (Å²) >= 11 is 0. The van der Waals surface area contributed by atoms with Gasteiger partial charge in [-0.05, 0) is 69.1 Å². The molecule has 144 valence electrons. The number of nitrogens with zero attached hydrogens (tertiary/aromatic N) is 1. The highest BCUT2D eigenvalue weighted by Gasteiger charge is 2.44. The van der Waals surface area contributed by atoms with Crippen molar-refractivity contribution in [2.24, 2.45) is 5.92 Å². The predicted molar refractivity (Wildman–Crippen MR) is 112 cm³/mol. The molecule has 3 rings (SSSR count). The molecule has 0 heterocycles. The van der Waals surface area contributed by atoms with Gasteiger partial charge in [-0.1, -0.05) is 48.0 Å². The summed E-state index contributed by atoms with van der Waals surface area (Å²) in [7, 11) is 5.84. The van der Waals surface area contributed by atoms with Gasteiger partial charge in [0.2, 0.25) is 0 Å². The van der Waals surface area contributed by atoms with Gasteiger partial charge in [-0.3, -0.25) is 0 Å². The van der Waals surface area contributed by atoms with Crippen LogP contribution in [-0.2, 0) is 5.60 Å². The molecule has 0 amide bonds. The Labute approximate surface area is 163 Å². The molecule has 27 heavy (non-hydrogen) atoms. The average molecular weight is 366 g/mol. The highest BCUT2D eigenvalue weighted by atomic mass is 16.5. The first-order chi connectivity index (χ1) is 12.9. The van der Waals surface area contributed by atoms with Gasteiger partial charge in [0.05, 0.1) is 7.11 Å². The maximum absolute atomic E-state index is 12.1. The van der Waals surface area contributed by atoms with Crippen molar-refractivity contribution in [3.8, 4) is 5.75 Å². The molecule has 0 aliphatic heterocycles. The van der Waals surface area contributed by atoms with Crippen molar-refractivity contribution in [2.75, 3.05) is 27.7 Å². The molecule has 0 aromatic heterocycles. The Bertz CT molecular complexity index is 794. The van der Waals surface area contributed by atoms with Crippen LogP contribution in [0.5, 0.6) is 5.75 Å². The number of hydrogen-bond donors (Lipinski definition) is 1. The van der Waals surface area contributed by atoms with Crippen molar-refractivity contribution >= 4 is 6.08 Å². The van der Waals surface area contributed by atoms with E-state index in [1.807, 2.05) is 12.1 Å². The Morgan fingerprint density at radius 2 is 1.93 bits per heavy atom. The van der Waals surface area contributed by atoms with E-state index in [9.17, 15) is 5.11 Å². The zero-order valence-electron chi connectivity index (χ0n) is 16.9. The minimum absolute atomic E-state index is 0.174. The molecule has 0 radical (unpaired) electrons. The lowest BCUT2D eigenvalue weighted by molar-refractivity contribution is -0.0174. The van der Waals surface area contributed by atoms with Gasteiger partial charge in [0.15, 0.2) is 0 Å². The van der Waals surface area contributed by atoms with E-state index in [0.29, 0.717) is 0 Å². The molecular weight excluding hydrogens is 334 g/mol. The zero-order valence-corrected chi connectivity index (χ0v) is 16.9. The highest BCUT2D eigenvalue weighted by molar-refractivity contribution is 5.58. The molecule has 0 saturated heterocycles. The normalized spacial score (nSPS) is 24.4. The Hall–Kier alpha value is -2.10. The second kappa shape index (κ2) is 8.28.